The van der Waals surface area contributed by atoms with Crippen molar-refractivity contribution in [3.63, 3.8) is 0 Å². The van der Waals surface area contributed by atoms with Gasteiger partial charge in [-0.25, -0.2) is 0 Å². The third-order valence-corrected chi connectivity index (χ3v) is 1.62. The fourth-order valence-corrected chi connectivity index (χ4v) is 0.602. The number of aliphatic hydroxyl groups is 1. The average molecular weight is 178 g/mol. The summed E-state index contributed by atoms with van der Waals surface area (Å²) in [5, 5.41) is 8.96. The van der Waals surface area contributed by atoms with Gasteiger partial charge in [-0.2, -0.15) is 0 Å². The first kappa shape index (κ1) is 10.5. The smallest absolute Gasteiger partial charge is 0.244 e. The van der Waals surface area contributed by atoms with E-state index in [0.717, 1.165) is 0 Å². The lowest BCUT2D eigenvalue weighted by Crippen LogP contribution is -2.13. The molecule has 0 aliphatic rings. The van der Waals surface area contributed by atoms with Crippen LogP contribution in [-0.2, 0) is 4.79 Å². The molecule has 1 unspecified atom stereocenters. The van der Waals surface area contributed by atoms with Gasteiger partial charge >= 0.3 is 0 Å². The second-order valence-electron chi connectivity index (χ2n) is 2.30. The van der Waals surface area contributed by atoms with Crippen molar-refractivity contribution in [2.75, 3.05) is 5.88 Å². The predicted octanol–water partition coefficient (Wildman–Crippen LogP) is 0.408. The molecule has 0 aromatic heterocycles. The van der Waals surface area contributed by atoms with Crippen LogP contribution >= 0.6 is 11.6 Å². The van der Waals surface area contributed by atoms with Crippen molar-refractivity contribution in [1.82, 2.24) is 0 Å². The number of alkyl halides is 1. The Morgan fingerprint density at radius 3 is 2.73 bits per heavy atom. The van der Waals surface area contributed by atoms with E-state index in [0.29, 0.717) is 12.0 Å². The Labute approximate surface area is 70.8 Å². The van der Waals surface area contributed by atoms with Crippen LogP contribution in [0.25, 0.3) is 0 Å². The van der Waals surface area contributed by atoms with Gasteiger partial charge in [0.2, 0.25) is 5.91 Å². The number of carbonyl (C=O) groups excluding carboxylic acids is 1. The summed E-state index contributed by atoms with van der Waals surface area (Å²) in [5.41, 5.74) is 5.39. The third-order valence-electron chi connectivity index (χ3n) is 1.26. The van der Waals surface area contributed by atoms with Gasteiger partial charge in [0, 0.05) is 11.5 Å². The fraction of sp³-hybridized carbons (Fsp3) is 0.571. The Morgan fingerprint density at radius 2 is 2.36 bits per heavy atom. The molecule has 0 saturated carbocycles. The van der Waals surface area contributed by atoms with E-state index >= 15 is 0 Å². The van der Waals surface area contributed by atoms with Crippen LogP contribution in [-0.4, -0.2) is 23.0 Å². The van der Waals surface area contributed by atoms with Crippen LogP contribution in [0.2, 0.25) is 0 Å². The minimum Gasteiger partial charge on any atom is -0.392 e. The molecule has 0 saturated heterocycles. The van der Waals surface area contributed by atoms with E-state index in [9.17, 15) is 4.79 Å². The van der Waals surface area contributed by atoms with Crippen LogP contribution in [0.3, 0.4) is 0 Å². The molecule has 3 nitrogen and oxygen atoms in total. The van der Waals surface area contributed by atoms with Crippen molar-refractivity contribution in [2.45, 2.75) is 19.4 Å². The molecule has 4 heteroatoms. The summed E-state index contributed by atoms with van der Waals surface area (Å²) in [7, 11) is 0. The van der Waals surface area contributed by atoms with Crippen molar-refractivity contribution in [3.8, 4) is 0 Å². The van der Waals surface area contributed by atoms with Crippen LogP contribution in [0.1, 0.15) is 13.3 Å². The Balaban J connectivity index is 3.82. The first-order valence-electron chi connectivity index (χ1n) is 3.28. The minimum absolute atomic E-state index is 0.169. The zero-order valence-electron chi connectivity index (χ0n) is 6.38. The van der Waals surface area contributed by atoms with Crippen molar-refractivity contribution < 1.29 is 9.90 Å². The van der Waals surface area contributed by atoms with Gasteiger partial charge in [0.1, 0.15) is 0 Å². The van der Waals surface area contributed by atoms with Crippen molar-refractivity contribution >= 4 is 17.5 Å². The van der Waals surface area contributed by atoms with Crippen LogP contribution in [0, 0.1) is 0 Å². The molecule has 0 aromatic carbocycles. The maximum Gasteiger partial charge on any atom is 0.244 e. The number of nitrogens with two attached hydrogens (primary N) is 1. The molecule has 1 amide bonds. The molecule has 0 heterocycles. The number of rotatable bonds is 4. The molecule has 64 valence electrons. The van der Waals surface area contributed by atoms with Gasteiger partial charge in [-0.05, 0) is 13.3 Å². The van der Waals surface area contributed by atoms with E-state index in [1.54, 1.807) is 13.0 Å². The first-order chi connectivity index (χ1) is 5.07. The summed E-state index contributed by atoms with van der Waals surface area (Å²) in [6, 6.07) is 0. The number of primary amides is 1. The maximum atomic E-state index is 10.4. The zero-order chi connectivity index (χ0) is 8.85. The Hall–Kier alpha value is -0.540. The first-order valence-corrected chi connectivity index (χ1v) is 3.82. The molecule has 0 aliphatic heterocycles. The monoisotopic (exact) mass is 177 g/mol. The van der Waals surface area contributed by atoms with Crippen LogP contribution in [0.4, 0.5) is 0 Å². The quantitative estimate of drug-likeness (QED) is 0.483. The molecule has 3 N–H and O–H groups in total. The standard InChI is InChI=1S/C7H12ClNO2/c1-5(7(9)11)2-3-6(10)4-8/h2,6,10H,3-4H2,1H3,(H2,9,11)/b5-2+. The summed E-state index contributed by atoms with van der Waals surface area (Å²) in [5.74, 6) is -0.297. The molecule has 0 aliphatic carbocycles. The topological polar surface area (TPSA) is 63.3 Å². The maximum absolute atomic E-state index is 10.4. The van der Waals surface area contributed by atoms with Crippen LogP contribution in [0.5, 0.6) is 0 Å². The molecule has 0 rings (SSSR count). The van der Waals surface area contributed by atoms with Crippen LogP contribution < -0.4 is 5.73 Å². The van der Waals surface area contributed by atoms with Crippen LogP contribution in [0.15, 0.2) is 11.6 Å². The van der Waals surface area contributed by atoms with Gasteiger partial charge < -0.3 is 10.8 Å². The lowest BCUT2D eigenvalue weighted by Gasteiger charge is -2.01. The summed E-state index contributed by atoms with van der Waals surface area (Å²) in [6.45, 7) is 1.60. The SMILES string of the molecule is C/C(=C\CC(O)CCl)C(N)=O. The molecule has 1 atom stereocenters. The number of halogens is 1. The van der Waals surface area contributed by atoms with Crippen molar-refractivity contribution in [3.05, 3.63) is 11.6 Å². The normalized spacial score (nSPS) is 14.6. The molecular formula is C7H12ClNO2. The highest BCUT2D eigenvalue weighted by Crippen LogP contribution is 1.99. The van der Waals surface area contributed by atoms with E-state index in [1.165, 1.54) is 0 Å². The highest BCUT2D eigenvalue weighted by molar-refractivity contribution is 6.18. The molecule has 11 heavy (non-hydrogen) atoms. The Kier molecular flexibility index (Phi) is 4.90. The number of aliphatic hydroxyl groups excluding tert-OH is 1. The fourth-order valence-electron chi connectivity index (χ4n) is 0.476. The Bertz CT molecular complexity index is 168. The van der Waals surface area contributed by atoms with E-state index in [2.05, 4.69) is 0 Å². The second-order valence-corrected chi connectivity index (χ2v) is 2.60. The van der Waals surface area contributed by atoms with Crippen molar-refractivity contribution in [1.29, 1.82) is 0 Å². The van der Waals surface area contributed by atoms with E-state index in [4.69, 9.17) is 22.4 Å². The zero-order valence-corrected chi connectivity index (χ0v) is 7.14. The number of hydrogen-bond donors (Lipinski definition) is 2. The third kappa shape index (κ3) is 4.81. The largest absolute Gasteiger partial charge is 0.392 e. The van der Waals surface area contributed by atoms with Gasteiger partial charge in [0.05, 0.1) is 6.10 Å². The molecule has 0 radical (unpaired) electrons. The summed E-state index contributed by atoms with van der Waals surface area (Å²) >= 11 is 5.32. The molecule has 0 aromatic rings. The Morgan fingerprint density at radius 1 is 1.82 bits per heavy atom. The lowest BCUT2D eigenvalue weighted by molar-refractivity contribution is -0.114. The van der Waals surface area contributed by atoms with Gasteiger partial charge in [-0.3, -0.25) is 4.79 Å². The lowest BCUT2D eigenvalue weighted by atomic mass is 10.2. The number of amides is 1. The second kappa shape index (κ2) is 5.16. The average Bonchev–Trinajstić information content (AvgIpc) is 1.99. The van der Waals surface area contributed by atoms with E-state index < -0.39 is 12.0 Å². The van der Waals surface area contributed by atoms with Gasteiger partial charge in [0.25, 0.3) is 0 Å². The number of hydrogen-bond acceptors (Lipinski definition) is 2. The molecule has 0 fully saturated rings. The summed E-state index contributed by atoms with van der Waals surface area (Å²) < 4.78 is 0. The highest BCUT2D eigenvalue weighted by atomic mass is 35.5. The highest BCUT2D eigenvalue weighted by Gasteiger charge is 2.01. The van der Waals surface area contributed by atoms with Gasteiger partial charge in [-0.15, -0.1) is 11.6 Å². The predicted molar refractivity (Wildman–Crippen MR) is 44.3 cm³/mol. The number of carbonyl (C=O) groups is 1. The summed E-state index contributed by atoms with van der Waals surface area (Å²) in [6.07, 6.45) is 1.36. The van der Waals surface area contributed by atoms with Crippen molar-refractivity contribution in [2.24, 2.45) is 5.73 Å². The minimum atomic E-state index is -0.592. The molecular weight excluding hydrogens is 166 g/mol. The van der Waals surface area contributed by atoms with Gasteiger partial charge in [0.15, 0.2) is 0 Å². The van der Waals surface area contributed by atoms with E-state index in [1.807, 2.05) is 0 Å². The summed E-state index contributed by atoms with van der Waals surface area (Å²) in [4.78, 5) is 10.4. The van der Waals surface area contributed by atoms with Gasteiger partial charge in [-0.1, -0.05) is 6.08 Å². The molecule has 0 spiro atoms. The van der Waals surface area contributed by atoms with E-state index in [-0.39, 0.29) is 5.88 Å². The molecule has 0 bridgehead atoms.